The van der Waals surface area contributed by atoms with Gasteiger partial charge in [-0.15, -0.1) is 0 Å². The molecule has 2 amide bonds. The van der Waals surface area contributed by atoms with Gasteiger partial charge in [-0.1, -0.05) is 25.0 Å². The highest BCUT2D eigenvalue weighted by molar-refractivity contribution is 5.94. The van der Waals surface area contributed by atoms with Crippen LogP contribution in [-0.4, -0.2) is 64.2 Å². The SMILES string of the molecule is O=C(CCCCCCNC(=O)c1ccc(/C=C2\CCn3c2nc2cc(NCCCN4CCCC4)c(F)cc2c3=O)cc1)NO. The third kappa shape index (κ3) is 7.89. The fraction of sp³-hybridized carbons (Fsp3) is 0.455. The lowest BCUT2D eigenvalue weighted by Crippen LogP contribution is -2.24. The molecule has 234 valence electrons. The van der Waals surface area contributed by atoms with Crippen LogP contribution in [0.15, 0.2) is 41.2 Å². The zero-order valence-corrected chi connectivity index (χ0v) is 25.0. The van der Waals surface area contributed by atoms with Crippen molar-refractivity contribution < 1.29 is 19.2 Å². The number of anilines is 1. The van der Waals surface area contributed by atoms with Gasteiger partial charge in [-0.2, -0.15) is 0 Å². The summed E-state index contributed by atoms with van der Waals surface area (Å²) in [5.74, 6) is -0.388. The number of rotatable bonds is 14. The van der Waals surface area contributed by atoms with Crippen LogP contribution in [0.5, 0.6) is 0 Å². The van der Waals surface area contributed by atoms with Gasteiger partial charge in [0.15, 0.2) is 0 Å². The molecule has 3 heterocycles. The fourth-order valence-electron chi connectivity index (χ4n) is 5.90. The van der Waals surface area contributed by atoms with Crippen molar-refractivity contribution in [3.8, 4) is 0 Å². The maximum Gasteiger partial charge on any atom is 0.261 e. The molecule has 2 aliphatic rings. The summed E-state index contributed by atoms with van der Waals surface area (Å²) in [5, 5.41) is 14.9. The molecule has 4 N–H and O–H groups in total. The quantitative estimate of drug-likeness (QED) is 0.121. The monoisotopic (exact) mass is 604 g/mol. The lowest BCUT2D eigenvalue weighted by atomic mass is 10.1. The number of benzene rings is 2. The molecule has 0 aliphatic carbocycles. The number of aromatic nitrogens is 2. The summed E-state index contributed by atoms with van der Waals surface area (Å²) >= 11 is 0. The Morgan fingerprint density at radius 1 is 0.977 bits per heavy atom. The summed E-state index contributed by atoms with van der Waals surface area (Å²) in [4.78, 5) is 44.0. The molecule has 0 bridgehead atoms. The van der Waals surface area contributed by atoms with Gasteiger partial charge in [0.05, 0.1) is 16.6 Å². The number of unbranched alkanes of at least 4 members (excludes halogenated alkanes) is 3. The van der Waals surface area contributed by atoms with E-state index >= 15 is 0 Å². The van der Waals surface area contributed by atoms with Crippen molar-refractivity contribution in [1.82, 2.24) is 25.2 Å². The Labute approximate surface area is 256 Å². The second kappa shape index (κ2) is 15.1. The van der Waals surface area contributed by atoms with E-state index in [1.165, 1.54) is 18.9 Å². The molecule has 0 radical (unpaired) electrons. The summed E-state index contributed by atoms with van der Waals surface area (Å²) in [6.07, 6.45) is 9.54. The van der Waals surface area contributed by atoms with E-state index in [-0.39, 0.29) is 29.2 Å². The summed E-state index contributed by atoms with van der Waals surface area (Å²) < 4.78 is 16.5. The summed E-state index contributed by atoms with van der Waals surface area (Å²) in [7, 11) is 0. The molecule has 3 aromatic rings. The maximum absolute atomic E-state index is 14.9. The van der Waals surface area contributed by atoms with E-state index in [9.17, 15) is 18.8 Å². The molecule has 44 heavy (non-hydrogen) atoms. The summed E-state index contributed by atoms with van der Waals surface area (Å²) in [6.45, 7) is 4.94. The Morgan fingerprint density at radius 3 is 2.52 bits per heavy atom. The first kappa shape index (κ1) is 31.3. The second-order valence-electron chi connectivity index (χ2n) is 11.6. The maximum atomic E-state index is 14.9. The fourth-order valence-corrected chi connectivity index (χ4v) is 5.90. The van der Waals surface area contributed by atoms with E-state index in [0.717, 1.165) is 56.5 Å². The van der Waals surface area contributed by atoms with Crippen molar-refractivity contribution >= 4 is 40.1 Å². The number of hydrogen-bond donors (Lipinski definition) is 4. The van der Waals surface area contributed by atoms with Gasteiger partial charge in [-0.05, 0) is 99.6 Å². The van der Waals surface area contributed by atoms with Crippen LogP contribution in [-0.2, 0) is 11.3 Å². The first-order chi connectivity index (χ1) is 21.4. The number of carbonyl (C=O) groups excluding carboxylic acids is 2. The Bertz CT molecular complexity index is 1560. The summed E-state index contributed by atoms with van der Waals surface area (Å²) in [6, 6.07) is 10.2. The van der Waals surface area contributed by atoms with E-state index in [4.69, 9.17) is 10.2 Å². The molecule has 10 nitrogen and oxygen atoms in total. The third-order valence-electron chi connectivity index (χ3n) is 8.35. The molecule has 2 aliphatic heterocycles. The number of fused-ring (bicyclic) bond motifs is 2. The number of halogens is 1. The van der Waals surface area contributed by atoms with Crippen LogP contribution >= 0.6 is 0 Å². The van der Waals surface area contributed by atoms with Crippen molar-refractivity contribution in [3.05, 3.63) is 69.5 Å². The number of likely N-dealkylation sites (tertiary alicyclic amines) is 1. The highest BCUT2D eigenvalue weighted by atomic mass is 19.1. The number of nitrogens with zero attached hydrogens (tertiary/aromatic N) is 3. The average Bonchev–Trinajstić information content (AvgIpc) is 3.70. The molecule has 0 spiro atoms. The van der Waals surface area contributed by atoms with Crippen LogP contribution in [0.1, 0.15) is 79.5 Å². The van der Waals surface area contributed by atoms with E-state index < -0.39 is 5.82 Å². The van der Waals surface area contributed by atoms with Gasteiger partial charge < -0.3 is 15.5 Å². The molecular formula is C33H41FN6O4. The number of allylic oxidation sites excluding steroid dienone is 1. The third-order valence-corrected chi connectivity index (χ3v) is 8.35. The normalized spacial score (nSPS) is 15.5. The van der Waals surface area contributed by atoms with Crippen molar-refractivity contribution in [2.75, 3.05) is 38.0 Å². The van der Waals surface area contributed by atoms with Crippen LogP contribution in [0.2, 0.25) is 0 Å². The molecule has 2 aromatic carbocycles. The summed E-state index contributed by atoms with van der Waals surface area (Å²) in [5.41, 5.74) is 4.59. The van der Waals surface area contributed by atoms with Gasteiger partial charge in [0.25, 0.3) is 11.5 Å². The van der Waals surface area contributed by atoms with Gasteiger partial charge in [0.1, 0.15) is 11.6 Å². The smallest absolute Gasteiger partial charge is 0.261 e. The van der Waals surface area contributed by atoms with E-state index in [0.29, 0.717) is 55.1 Å². The van der Waals surface area contributed by atoms with E-state index in [1.807, 2.05) is 18.2 Å². The highest BCUT2D eigenvalue weighted by Crippen LogP contribution is 2.29. The van der Waals surface area contributed by atoms with Crippen molar-refractivity contribution in [1.29, 1.82) is 0 Å². The highest BCUT2D eigenvalue weighted by Gasteiger charge is 2.22. The molecule has 0 atom stereocenters. The minimum Gasteiger partial charge on any atom is -0.383 e. The lowest BCUT2D eigenvalue weighted by Gasteiger charge is -2.15. The zero-order valence-electron chi connectivity index (χ0n) is 25.0. The first-order valence-corrected chi connectivity index (χ1v) is 15.7. The molecule has 1 aromatic heterocycles. The number of amides is 2. The molecule has 0 saturated carbocycles. The van der Waals surface area contributed by atoms with Crippen LogP contribution < -0.4 is 21.7 Å². The molecule has 1 fully saturated rings. The Kier molecular flexibility index (Phi) is 10.7. The van der Waals surface area contributed by atoms with E-state index in [2.05, 4.69) is 15.5 Å². The van der Waals surface area contributed by atoms with Crippen molar-refractivity contribution in [2.24, 2.45) is 0 Å². The van der Waals surface area contributed by atoms with Gasteiger partial charge >= 0.3 is 0 Å². The number of nitrogens with one attached hydrogen (secondary N) is 3. The molecular weight excluding hydrogens is 563 g/mol. The number of hydroxylamine groups is 1. The predicted molar refractivity (Wildman–Crippen MR) is 169 cm³/mol. The van der Waals surface area contributed by atoms with Crippen molar-refractivity contribution in [3.63, 3.8) is 0 Å². The van der Waals surface area contributed by atoms with Gasteiger partial charge in [-0.3, -0.25) is 24.2 Å². The molecule has 11 heteroatoms. The average molecular weight is 605 g/mol. The van der Waals surface area contributed by atoms with Crippen molar-refractivity contribution in [2.45, 2.75) is 64.3 Å². The van der Waals surface area contributed by atoms with Crippen LogP contribution in [0.3, 0.4) is 0 Å². The van der Waals surface area contributed by atoms with Crippen LogP contribution in [0, 0.1) is 5.82 Å². The molecule has 0 unspecified atom stereocenters. The second-order valence-corrected chi connectivity index (χ2v) is 11.6. The zero-order chi connectivity index (χ0) is 30.9. The van der Waals surface area contributed by atoms with Crippen LogP contribution in [0.25, 0.3) is 22.6 Å². The Hall–Kier alpha value is -4.09. The van der Waals surface area contributed by atoms with Gasteiger partial charge in [0, 0.05) is 31.6 Å². The molecule has 5 rings (SSSR count). The lowest BCUT2D eigenvalue weighted by molar-refractivity contribution is -0.129. The minimum atomic E-state index is -0.444. The number of carbonyl (C=O) groups is 2. The predicted octanol–water partition coefficient (Wildman–Crippen LogP) is 4.56. The largest absolute Gasteiger partial charge is 0.383 e. The Morgan fingerprint density at radius 2 is 1.75 bits per heavy atom. The van der Waals surface area contributed by atoms with Gasteiger partial charge in [-0.25, -0.2) is 14.9 Å². The number of hydrogen-bond acceptors (Lipinski definition) is 7. The Balaban J connectivity index is 1.19. The molecule has 1 saturated heterocycles. The van der Waals surface area contributed by atoms with E-state index in [1.54, 1.807) is 28.2 Å². The topological polar surface area (TPSA) is 129 Å². The standard InChI is InChI=1S/C33H41FN6O4/c34-27-21-26-28(22-29(27)35-15-7-18-39-16-5-6-17-39)37-31-25(13-19-40(31)33(26)43)20-23-9-11-24(12-10-23)32(42)36-14-4-2-1-3-8-30(41)38-44/h9-12,20-22,35,44H,1-8,13-19H2,(H,36,42)(H,38,41)/b25-20+. The minimum absolute atomic E-state index is 0.151. The van der Waals surface area contributed by atoms with Gasteiger partial charge in [0.2, 0.25) is 5.91 Å². The van der Waals surface area contributed by atoms with Crippen LogP contribution in [0.4, 0.5) is 10.1 Å². The first-order valence-electron chi connectivity index (χ1n) is 15.7.